The van der Waals surface area contributed by atoms with Crippen molar-refractivity contribution in [3.63, 3.8) is 0 Å². The Bertz CT molecular complexity index is 2760. The van der Waals surface area contributed by atoms with Gasteiger partial charge in [-0.2, -0.15) is 0 Å². The molecule has 11 nitrogen and oxygen atoms in total. The van der Waals surface area contributed by atoms with Crippen molar-refractivity contribution in [2.75, 3.05) is 34.0 Å². The van der Waals surface area contributed by atoms with E-state index in [2.05, 4.69) is 39.3 Å². The molecule has 0 N–H and O–H groups in total. The third-order valence-corrected chi connectivity index (χ3v) is 23.1. The number of hydrogen-bond acceptors (Lipinski definition) is 11. The van der Waals surface area contributed by atoms with Crippen LogP contribution in [0.1, 0.15) is 68.9 Å². The van der Waals surface area contributed by atoms with E-state index in [0.29, 0.717) is 31.3 Å². The number of ether oxygens (including phenoxy) is 6. The van der Waals surface area contributed by atoms with E-state index < -0.39 is 37.4 Å². The fraction of sp³-hybridized carbons (Fsp3) is 0.333. The Balaban J connectivity index is 0.761. The van der Waals surface area contributed by atoms with Gasteiger partial charge in [0.15, 0.2) is 8.32 Å². The first-order valence-electron chi connectivity index (χ1n) is 26.8. The van der Waals surface area contributed by atoms with Crippen LogP contribution in [-0.2, 0) is 22.2 Å². The molecule has 14 heteroatoms. The molecule has 0 spiro atoms. The summed E-state index contributed by atoms with van der Waals surface area (Å²) >= 11 is 0. The molecule has 0 aliphatic heterocycles. The van der Waals surface area contributed by atoms with Crippen molar-refractivity contribution in [3.05, 3.63) is 169 Å². The average molecular weight is 1100 g/mol. The molecule has 0 fully saturated rings. The van der Waals surface area contributed by atoms with Crippen LogP contribution >= 0.6 is 0 Å². The van der Waals surface area contributed by atoms with Crippen molar-refractivity contribution in [1.82, 2.24) is 0 Å². The third-order valence-electron chi connectivity index (χ3n) is 12.5. The number of rotatable bonds is 32. The Morgan fingerprint density at radius 2 is 0.714 bits per heavy atom. The highest BCUT2D eigenvalue weighted by atomic mass is 28.5. The molecule has 0 heterocycles. The Hall–Kier alpha value is -6.53. The van der Waals surface area contributed by atoms with Crippen LogP contribution in [0.5, 0.6) is 34.5 Å². The fourth-order valence-corrected chi connectivity index (χ4v) is 21.8. The maximum atomic E-state index is 12.4. The summed E-state index contributed by atoms with van der Waals surface area (Å²) in [6.45, 7) is 15.3. The molecule has 0 saturated heterocycles. The van der Waals surface area contributed by atoms with Gasteiger partial charge in [0.1, 0.15) is 34.5 Å². The third kappa shape index (κ3) is 22.2. The zero-order valence-electron chi connectivity index (χ0n) is 46.3. The molecule has 0 aliphatic carbocycles. The molecule has 77 heavy (non-hydrogen) atoms. The Morgan fingerprint density at radius 3 is 1.10 bits per heavy atom. The lowest BCUT2D eigenvalue weighted by atomic mass is 10.1. The van der Waals surface area contributed by atoms with Gasteiger partial charge in [-0.15, -0.1) is 0 Å². The van der Waals surface area contributed by atoms with Crippen LogP contribution in [0.4, 0.5) is 0 Å². The molecular formula is C63H78O11Si3. The number of esters is 2. The molecule has 6 aromatic carbocycles. The van der Waals surface area contributed by atoms with Crippen LogP contribution in [0.15, 0.2) is 158 Å². The molecule has 0 atom stereocenters. The van der Waals surface area contributed by atoms with Crippen molar-refractivity contribution in [2.24, 2.45) is 0 Å². The Kier molecular flexibility index (Phi) is 23.6. The first-order chi connectivity index (χ1) is 37.1. The lowest BCUT2D eigenvalue weighted by Crippen LogP contribution is -2.53. The molecule has 408 valence electrons. The molecular weight excluding hydrogens is 1020 g/mol. The molecule has 6 aromatic rings. The summed E-state index contributed by atoms with van der Waals surface area (Å²) in [6.07, 6.45) is 16.0. The lowest BCUT2D eigenvalue weighted by molar-refractivity contribution is -0.129. The minimum absolute atomic E-state index is 0.439. The van der Waals surface area contributed by atoms with Gasteiger partial charge in [-0.1, -0.05) is 111 Å². The van der Waals surface area contributed by atoms with Crippen LogP contribution < -0.4 is 28.4 Å². The van der Waals surface area contributed by atoms with Gasteiger partial charge in [-0.25, -0.2) is 9.59 Å². The highest BCUT2D eigenvalue weighted by Crippen LogP contribution is 2.29. The number of unbranched alkanes of at least 4 members (excludes halogenated alkanes) is 7. The van der Waals surface area contributed by atoms with Gasteiger partial charge in [-0.3, -0.25) is 0 Å². The Labute approximate surface area is 460 Å². The van der Waals surface area contributed by atoms with Gasteiger partial charge in [0.2, 0.25) is 0 Å². The molecule has 0 saturated carbocycles. The van der Waals surface area contributed by atoms with Gasteiger partial charge < -0.3 is 41.1 Å². The maximum Gasteiger partial charge on any atom is 0.336 e. The van der Waals surface area contributed by atoms with E-state index in [-0.39, 0.29) is 0 Å². The first kappa shape index (κ1) is 59.7. The van der Waals surface area contributed by atoms with Gasteiger partial charge in [-0.05, 0) is 183 Å². The number of carbonyl (C=O) groups excluding carboxylic acids is 2. The first-order valence-corrected chi connectivity index (χ1v) is 35.6. The van der Waals surface area contributed by atoms with Gasteiger partial charge in [0.05, 0.1) is 27.4 Å². The second-order valence-electron chi connectivity index (χ2n) is 20.4. The molecule has 0 radical (unpaired) electrons. The average Bonchev–Trinajstić information content (AvgIpc) is 3.41. The van der Waals surface area contributed by atoms with Crippen molar-refractivity contribution in [1.29, 1.82) is 0 Å². The summed E-state index contributed by atoms with van der Waals surface area (Å²) in [5, 5.41) is 0. The summed E-state index contributed by atoms with van der Waals surface area (Å²) in [5.74, 6) is 3.32. The second-order valence-corrected chi connectivity index (χ2v) is 31.9. The van der Waals surface area contributed by atoms with E-state index in [4.69, 9.17) is 41.1 Å². The predicted molar refractivity (Wildman–Crippen MR) is 317 cm³/mol. The van der Waals surface area contributed by atoms with Crippen molar-refractivity contribution >= 4 is 49.5 Å². The number of methoxy groups -OCH3 is 2. The molecule has 0 aromatic heterocycles. The molecule has 6 rings (SSSR count). The molecule has 0 amide bonds. The monoisotopic (exact) mass is 1090 g/mol. The van der Waals surface area contributed by atoms with Crippen molar-refractivity contribution < 1.29 is 50.7 Å². The van der Waals surface area contributed by atoms with E-state index >= 15 is 0 Å². The van der Waals surface area contributed by atoms with Gasteiger partial charge in [0, 0.05) is 18.8 Å². The van der Waals surface area contributed by atoms with Gasteiger partial charge in [0.25, 0.3) is 0 Å². The lowest BCUT2D eigenvalue weighted by Gasteiger charge is -2.38. The van der Waals surface area contributed by atoms with Crippen molar-refractivity contribution in [2.45, 2.75) is 103 Å². The minimum atomic E-state index is -2.38. The Morgan fingerprint density at radius 1 is 0.377 bits per heavy atom. The quantitative estimate of drug-likeness (QED) is 0.0132. The molecule has 0 unspecified atom stereocenters. The predicted octanol–water partition coefficient (Wildman–Crippen LogP) is 15.9. The zero-order chi connectivity index (χ0) is 54.9. The van der Waals surface area contributed by atoms with Crippen LogP contribution in [0, 0.1) is 0 Å². The number of carbonyl (C=O) groups is 2. The largest absolute Gasteiger partial charge is 0.497 e. The van der Waals surface area contributed by atoms with Crippen LogP contribution in [0.3, 0.4) is 0 Å². The maximum absolute atomic E-state index is 12.4. The van der Waals surface area contributed by atoms with E-state index in [1.54, 1.807) is 50.6 Å². The fourth-order valence-electron chi connectivity index (χ4n) is 8.77. The minimum Gasteiger partial charge on any atom is -0.497 e. The van der Waals surface area contributed by atoms with E-state index in [1.807, 2.05) is 121 Å². The smallest absolute Gasteiger partial charge is 0.336 e. The van der Waals surface area contributed by atoms with Crippen LogP contribution in [0.25, 0.3) is 34.4 Å². The second kappa shape index (κ2) is 30.4. The topological polar surface area (TPSA) is 117 Å². The summed E-state index contributed by atoms with van der Waals surface area (Å²) < 4.78 is 53.4. The summed E-state index contributed by atoms with van der Waals surface area (Å²) in [4.78, 5) is 24.7. The SMILES string of the molecule is COc1ccc(/C=C/C(=O)Oc2ccc(-c3ccc(OCCCCCCCO[Si](C)(C)O[Si](C)(C)O[Si](C)(C)CCCCCCOc4ccc(-c5ccc(OC(=O)/C=C/c6ccc(OC)cc6)cc5)cc4)cc3)cc2)cc1. The van der Waals surface area contributed by atoms with E-state index in [0.717, 1.165) is 120 Å². The standard InChI is InChI=1S/C63H78O11Si3/c1-66-56-32-18-50(19-33-56)22-44-62(64)71-60-40-28-54(29-41-60)52-24-36-58(37-25-52)68-46-14-10-9-11-16-48-70-76(5,6)74-77(7,8)73-75(3,4)49-17-13-12-15-47-69-59-38-26-53(27-39-59)55-30-42-61(43-31-55)72-63(65)45-23-51-20-34-57(67-2)35-21-51/h18-45H,9-17,46-49H2,1-8H3/b44-22+,45-23+. The summed E-state index contributed by atoms with van der Waals surface area (Å²) in [5.41, 5.74) is 5.92. The summed E-state index contributed by atoms with van der Waals surface area (Å²) in [6, 6.07) is 47.2. The van der Waals surface area contributed by atoms with E-state index in [9.17, 15) is 9.59 Å². The normalized spacial score (nSPS) is 11.9. The molecule has 0 bridgehead atoms. The molecule has 0 aliphatic rings. The van der Waals surface area contributed by atoms with Crippen molar-refractivity contribution in [3.8, 4) is 56.8 Å². The zero-order valence-corrected chi connectivity index (χ0v) is 49.3. The van der Waals surface area contributed by atoms with Crippen LogP contribution in [-0.4, -0.2) is 71.4 Å². The summed E-state index contributed by atoms with van der Waals surface area (Å²) in [7, 11) is -3.41. The van der Waals surface area contributed by atoms with E-state index in [1.165, 1.54) is 12.2 Å². The van der Waals surface area contributed by atoms with Crippen LogP contribution in [0.2, 0.25) is 45.3 Å². The number of hydrogen-bond donors (Lipinski definition) is 0. The van der Waals surface area contributed by atoms with Gasteiger partial charge >= 0.3 is 29.1 Å². The number of benzene rings is 6. The highest BCUT2D eigenvalue weighted by molar-refractivity contribution is 6.86. The highest BCUT2D eigenvalue weighted by Gasteiger charge is 2.40.